The summed E-state index contributed by atoms with van der Waals surface area (Å²) in [6, 6.07) is 7.14. The number of benzene rings is 2. The second-order valence-corrected chi connectivity index (χ2v) is 10.7. The number of anilines is 1. The van der Waals surface area contributed by atoms with Gasteiger partial charge in [0.1, 0.15) is 9.79 Å². The van der Waals surface area contributed by atoms with Gasteiger partial charge >= 0.3 is 0 Å². The Morgan fingerprint density at radius 3 is 2.53 bits per heavy atom. The molecule has 34 heavy (non-hydrogen) atoms. The number of nitrogens with zero attached hydrogens (tertiary/aromatic N) is 4. The zero-order chi connectivity index (χ0) is 24.7. The average molecular weight is 507 g/mol. The Morgan fingerprint density at radius 1 is 1.12 bits per heavy atom. The lowest BCUT2D eigenvalue weighted by atomic mass is 9.98. The maximum Gasteiger partial charge on any atom is 0.242 e. The van der Waals surface area contributed by atoms with Crippen LogP contribution in [0.2, 0.25) is 0 Å². The number of H-pyrrole nitrogens is 2. The molecule has 4 rings (SSSR count). The van der Waals surface area contributed by atoms with Crippen molar-refractivity contribution in [1.82, 2.24) is 35.3 Å². The van der Waals surface area contributed by atoms with Gasteiger partial charge in [-0.1, -0.05) is 18.2 Å². The lowest BCUT2D eigenvalue weighted by Gasteiger charge is -2.18. The fraction of sp³-hybridized carbons (Fsp3) is 0.222. The number of nitrogens with two attached hydrogens (primary N) is 3. The second-order valence-electron chi connectivity index (χ2n) is 7.52. The van der Waals surface area contributed by atoms with Crippen LogP contribution in [0.3, 0.4) is 0 Å². The first-order valence-corrected chi connectivity index (χ1v) is 13.0. The molecule has 0 aliphatic carbocycles. The van der Waals surface area contributed by atoms with Gasteiger partial charge in [-0.3, -0.25) is 0 Å². The van der Waals surface area contributed by atoms with Crippen LogP contribution in [-0.2, 0) is 20.0 Å². The van der Waals surface area contributed by atoms with Crippen LogP contribution in [0.5, 0.6) is 0 Å². The molecule has 2 aromatic carbocycles. The Bertz CT molecular complexity index is 1560. The molecule has 0 bridgehead atoms. The highest BCUT2D eigenvalue weighted by molar-refractivity contribution is 7.92. The molecule has 2 heterocycles. The maximum atomic E-state index is 13.2. The first-order valence-electron chi connectivity index (χ1n) is 9.93. The molecule has 180 valence electrons. The summed E-state index contributed by atoms with van der Waals surface area (Å²) in [4.78, 5) is 5.92. The molecule has 0 fully saturated rings. The number of tetrazole rings is 1. The Hall–Kier alpha value is -3.44. The van der Waals surface area contributed by atoms with Crippen molar-refractivity contribution in [3.63, 3.8) is 0 Å². The molecule has 0 aliphatic rings. The maximum absolute atomic E-state index is 13.2. The molecule has 4 aromatic rings. The molecule has 0 amide bonds. The van der Waals surface area contributed by atoms with Gasteiger partial charge in [0.2, 0.25) is 25.9 Å². The van der Waals surface area contributed by atoms with Gasteiger partial charge in [-0.15, -0.1) is 10.2 Å². The van der Waals surface area contributed by atoms with E-state index in [1.165, 1.54) is 6.07 Å². The van der Waals surface area contributed by atoms with E-state index in [1.54, 1.807) is 25.1 Å². The van der Waals surface area contributed by atoms with E-state index in [4.69, 9.17) is 16.6 Å². The first kappa shape index (κ1) is 23.7. The molecule has 16 heteroatoms. The molecule has 1 unspecified atom stereocenters. The van der Waals surface area contributed by atoms with Crippen LogP contribution >= 0.6 is 0 Å². The molecule has 1 atom stereocenters. The van der Waals surface area contributed by atoms with Crippen molar-refractivity contribution in [2.75, 3.05) is 12.3 Å². The number of aromatic nitrogens is 6. The summed E-state index contributed by atoms with van der Waals surface area (Å²) in [5, 5.41) is 19.1. The van der Waals surface area contributed by atoms with E-state index in [1.807, 2.05) is 0 Å². The van der Waals surface area contributed by atoms with Crippen LogP contribution in [0.15, 0.2) is 40.1 Å². The van der Waals surface area contributed by atoms with Gasteiger partial charge in [0.15, 0.2) is 5.95 Å². The SMILES string of the molecule is CC(CCN)NS(=O)(=O)c1ccc(-c2cccc3[nH]c(N)nc23)c(-c2nn[nH]n2)c1S(N)(=O)=O. The van der Waals surface area contributed by atoms with Crippen LogP contribution in [0.1, 0.15) is 13.3 Å². The quantitative estimate of drug-likeness (QED) is 0.181. The van der Waals surface area contributed by atoms with Crippen LogP contribution in [0, 0.1) is 0 Å². The lowest BCUT2D eigenvalue weighted by Crippen LogP contribution is -2.35. The van der Waals surface area contributed by atoms with Crippen molar-refractivity contribution in [1.29, 1.82) is 0 Å². The fourth-order valence-corrected chi connectivity index (χ4v) is 6.56. The minimum absolute atomic E-state index is 0.146. The Morgan fingerprint density at radius 2 is 1.88 bits per heavy atom. The van der Waals surface area contributed by atoms with Crippen molar-refractivity contribution in [2.24, 2.45) is 10.9 Å². The van der Waals surface area contributed by atoms with Crippen LogP contribution in [0.25, 0.3) is 33.5 Å². The number of sulfonamides is 2. The van der Waals surface area contributed by atoms with E-state index in [0.29, 0.717) is 23.0 Å². The van der Waals surface area contributed by atoms with Gasteiger partial charge in [-0.25, -0.2) is 31.7 Å². The van der Waals surface area contributed by atoms with E-state index in [9.17, 15) is 16.8 Å². The summed E-state index contributed by atoms with van der Waals surface area (Å²) in [6.07, 6.45) is 0.336. The van der Waals surface area contributed by atoms with E-state index < -0.39 is 35.9 Å². The predicted molar refractivity (Wildman–Crippen MR) is 124 cm³/mol. The molecular weight excluding hydrogens is 484 g/mol. The van der Waals surface area contributed by atoms with Gasteiger partial charge in [0.05, 0.1) is 16.6 Å². The summed E-state index contributed by atoms with van der Waals surface area (Å²) in [5.74, 6) is -0.0286. The average Bonchev–Trinajstić information content (AvgIpc) is 3.40. The second kappa shape index (κ2) is 8.73. The molecule has 0 spiro atoms. The lowest BCUT2D eigenvalue weighted by molar-refractivity contribution is 0.546. The third-order valence-electron chi connectivity index (χ3n) is 5.04. The van der Waals surface area contributed by atoms with Crippen molar-refractivity contribution in [3.05, 3.63) is 30.3 Å². The highest BCUT2D eigenvalue weighted by atomic mass is 32.2. The molecule has 9 N–H and O–H groups in total. The number of nitrogens with one attached hydrogen (secondary N) is 3. The molecule has 0 saturated carbocycles. The highest BCUT2D eigenvalue weighted by Gasteiger charge is 2.33. The number of fused-ring (bicyclic) bond motifs is 1. The number of nitrogen functional groups attached to an aromatic ring is 1. The standard InChI is InChI=1S/C18H22N10O4S2/c1-9(7-8-19)26-34(31,32)13-6-5-10(11-3-2-4-12-15(11)23-18(20)22-12)14(16(13)33(21,29)30)17-24-27-28-25-17/h2-6,9,26H,7-8,19H2,1H3,(H3,20,22,23)(H2,21,29,30)(H,24,25,27,28). The summed E-state index contributed by atoms with van der Waals surface area (Å²) in [7, 11) is -8.96. The smallest absolute Gasteiger partial charge is 0.242 e. The predicted octanol–water partition coefficient (Wildman–Crippen LogP) is -0.345. The van der Waals surface area contributed by atoms with Crippen molar-refractivity contribution in [2.45, 2.75) is 29.2 Å². The van der Waals surface area contributed by atoms with Gasteiger partial charge < -0.3 is 16.5 Å². The number of aromatic amines is 2. The van der Waals surface area contributed by atoms with Crippen molar-refractivity contribution in [3.8, 4) is 22.5 Å². The van der Waals surface area contributed by atoms with E-state index in [0.717, 1.165) is 6.07 Å². The molecule has 0 saturated heterocycles. The monoisotopic (exact) mass is 506 g/mol. The van der Waals surface area contributed by atoms with Gasteiger partial charge in [0.25, 0.3) is 0 Å². The van der Waals surface area contributed by atoms with E-state index in [-0.39, 0.29) is 29.4 Å². The zero-order valence-electron chi connectivity index (χ0n) is 17.8. The van der Waals surface area contributed by atoms with Crippen molar-refractivity contribution >= 4 is 37.0 Å². The largest absolute Gasteiger partial charge is 0.369 e. The normalized spacial score (nSPS) is 13.4. The highest BCUT2D eigenvalue weighted by Crippen LogP contribution is 2.40. The number of hydrogen-bond donors (Lipinski definition) is 6. The molecule has 0 aliphatic heterocycles. The minimum atomic E-state index is -4.62. The van der Waals surface area contributed by atoms with Crippen LogP contribution < -0.4 is 21.3 Å². The molecule has 14 nitrogen and oxygen atoms in total. The van der Waals surface area contributed by atoms with Gasteiger partial charge in [0, 0.05) is 11.6 Å². The fourth-order valence-electron chi connectivity index (χ4n) is 3.68. The summed E-state index contributed by atoms with van der Waals surface area (Å²) >= 11 is 0. The van der Waals surface area contributed by atoms with Crippen LogP contribution in [0.4, 0.5) is 5.95 Å². The summed E-state index contributed by atoms with van der Waals surface area (Å²) < 4.78 is 54.5. The number of hydrogen-bond acceptors (Lipinski definition) is 10. The molecular formula is C18H22N10O4S2. The number of primary sulfonamides is 1. The van der Waals surface area contributed by atoms with Gasteiger partial charge in [-0.05, 0) is 42.8 Å². The minimum Gasteiger partial charge on any atom is -0.369 e. The van der Waals surface area contributed by atoms with Gasteiger partial charge in [-0.2, -0.15) is 5.21 Å². The Balaban J connectivity index is 2.08. The first-order chi connectivity index (χ1) is 16.0. The number of imidazole rings is 1. The Labute approximate surface area is 194 Å². The third kappa shape index (κ3) is 4.36. The van der Waals surface area contributed by atoms with E-state index >= 15 is 0 Å². The van der Waals surface area contributed by atoms with Crippen molar-refractivity contribution < 1.29 is 16.8 Å². The summed E-state index contributed by atoms with van der Waals surface area (Å²) in [5.41, 5.74) is 12.9. The molecule has 2 aromatic heterocycles. The molecule has 0 radical (unpaired) electrons. The summed E-state index contributed by atoms with van der Waals surface area (Å²) in [6.45, 7) is 1.84. The zero-order valence-corrected chi connectivity index (χ0v) is 19.5. The number of para-hydroxylation sites is 1. The van der Waals surface area contributed by atoms with E-state index in [2.05, 4.69) is 35.3 Å². The topological polar surface area (TPSA) is 242 Å². The third-order valence-corrected chi connectivity index (χ3v) is 7.80. The van der Waals surface area contributed by atoms with Crippen LogP contribution in [-0.4, -0.2) is 60.0 Å². The Kier molecular flexibility index (Phi) is 6.09. The number of rotatable bonds is 8.